The lowest BCUT2D eigenvalue weighted by molar-refractivity contribution is -0.145. The number of carbonyl (C=O) groups is 2. The molecule has 0 amide bonds. The van der Waals surface area contributed by atoms with Crippen LogP contribution in [0.25, 0.3) is 0 Å². The number of Topliss-reactive ketones (excluding diaryl/α,β-unsaturated/α-hetero) is 1. The van der Waals surface area contributed by atoms with E-state index in [1.165, 1.54) is 12.1 Å². The summed E-state index contributed by atoms with van der Waals surface area (Å²) in [6, 6.07) is 9.60. The van der Waals surface area contributed by atoms with Crippen molar-refractivity contribution in [3.05, 3.63) is 69.7 Å². The highest BCUT2D eigenvalue weighted by Gasteiger charge is 2.18. The quantitative estimate of drug-likeness (QED) is 0.349. The number of ketones is 1. The zero-order chi connectivity index (χ0) is 20.7. The minimum atomic E-state index is -0.564. The molecule has 2 aromatic carbocycles. The SMILES string of the molecule is C=C(CC)C(=O)c1ccc(OCC(=O)OCCc2ccc(O)cc2)c(Cl)c1Cl. The summed E-state index contributed by atoms with van der Waals surface area (Å²) in [5.74, 6) is -0.489. The molecule has 0 atom stereocenters. The van der Waals surface area contributed by atoms with Gasteiger partial charge in [-0.3, -0.25) is 4.79 Å². The molecule has 1 N–H and O–H groups in total. The van der Waals surface area contributed by atoms with E-state index in [0.717, 1.165) is 5.56 Å². The van der Waals surface area contributed by atoms with Crippen molar-refractivity contribution in [3.63, 3.8) is 0 Å². The molecule has 7 heteroatoms. The fourth-order valence-corrected chi connectivity index (χ4v) is 2.75. The first-order chi connectivity index (χ1) is 13.3. The molecule has 0 saturated carbocycles. The van der Waals surface area contributed by atoms with Gasteiger partial charge in [-0.25, -0.2) is 4.79 Å². The van der Waals surface area contributed by atoms with Crippen molar-refractivity contribution < 1.29 is 24.2 Å². The zero-order valence-corrected chi connectivity index (χ0v) is 16.8. The molecule has 0 bridgehead atoms. The maximum absolute atomic E-state index is 12.2. The second kappa shape index (κ2) is 10.2. The van der Waals surface area contributed by atoms with Crippen molar-refractivity contribution in [1.29, 1.82) is 0 Å². The van der Waals surface area contributed by atoms with Crippen molar-refractivity contribution in [2.24, 2.45) is 0 Å². The Bertz CT molecular complexity index is 875. The number of benzene rings is 2. The lowest BCUT2D eigenvalue weighted by atomic mass is 10.0. The predicted molar refractivity (Wildman–Crippen MR) is 108 cm³/mol. The fourth-order valence-electron chi connectivity index (χ4n) is 2.29. The lowest BCUT2D eigenvalue weighted by Crippen LogP contribution is -2.16. The van der Waals surface area contributed by atoms with Gasteiger partial charge in [0.2, 0.25) is 0 Å². The van der Waals surface area contributed by atoms with Gasteiger partial charge in [0, 0.05) is 12.0 Å². The summed E-state index contributed by atoms with van der Waals surface area (Å²) in [4.78, 5) is 24.0. The number of ether oxygens (including phenoxy) is 2. The molecule has 0 aromatic heterocycles. The third-order valence-electron chi connectivity index (χ3n) is 3.98. The number of aromatic hydroxyl groups is 1. The number of allylic oxidation sites excluding steroid dienone is 1. The molecular weight excluding hydrogens is 403 g/mol. The van der Waals surface area contributed by atoms with Crippen LogP contribution in [0.4, 0.5) is 0 Å². The number of phenols is 1. The van der Waals surface area contributed by atoms with Gasteiger partial charge in [0.25, 0.3) is 0 Å². The number of esters is 1. The van der Waals surface area contributed by atoms with Gasteiger partial charge >= 0.3 is 5.97 Å². The van der Waals surface area contributed by atoms with E-state index in [2.05, 4.69) is 6.58 Å². The number of halogens is 2. The molecule has 0 unspecified atom stereocenters. The summed E-state index contributed by atoms with van der Waals surface area (Å²) in [6.45, 7) is 5.35. The molecule has 0 heterocycles. The Morgan fingerprint density at radius 3 is 2.39 bits per heavy atom. The predicted octanol–water partition coefficient (Wildman–Crippen LogP) is 5.01. The Kier molecular flexibility index (Phi) is 7.91. The molecule has 2 aromatic rings. The van der Waals surface area contributed by atoms with Gasteiger partial charge in [0.05, 0.1) is 11.6 Å². The van der Waals surface area contributed by atoms with Crippen molar-refractivity contribution in [2.45, 2.75) is 19.8 Å². The lowest BCUT2D eigenvalue weighted by Gasteiger charge is -2.12. The smallest absolute Gasteiger partial charge is 0.344 e. The summed E-state index contributed by atoms with van der Waals surface area (Å²) in [5, 5.41) is 9.34. The van der Waals surface area contributed by atoms with Crippen LogP contribution in [0.3, 0.4) is 0 Å². The van der Waals surface area contributed by atoms with E-state index in [0.29, 0.717) is 18.4 Å². The van der Waals surface area contributed by atoms with Crippen LogP contribution in [0.2, 0.25) is 10.0 Å². The number of rotatable bonds is 9. The number of phenolic OH excluding ortho intramolecular Hbond substituents is 1. The Labute approximate surface area is 173 Å². The number of hydrogen-bond acceptors (Lipinski definition) is 5. The maximum Gasteiger partial charge on any atom is 0.344 e. The van der Waals surface area contributed by atoms with Crippen LogP contribution in [0.5, 0.6) is 11.5 Å². The Morgan fingerprint density at radius 1 is 1.07 bits per heavy atom. The highest BCUT2D eigenvalue weighted by molar-refractivity contribution is 6.45. The summed E-state index contributed by atoms with van der Waals surface area (Å²) < 4.78 is 10.5. The Morgan fingerprint density at radius 2 is 1.75 bits per heavy atom. The molecule has 28 heavy (non-hydrogen) atoms. The van der Waals surface area contributed by atoms with Crippen molar-refractivity contribution >= 4 is 35.0 Å². The van der Waals surface area contributed by atoms with E-state index >= 15 is 0 Å². The highest BCUT2D eigenvalue weighted by atomic mass is 35.5. The van der Waals surface area contributed by atoms with E-state index in [1.807, 2.05) is 6.92 Å². The van der Waals surface area contributed by atoms with Gasteiger partial charge in [-0.2, -0.15) is 0 Å². The van der Waals surface area contributed by atoms with Crippen LogP contribution in [-0.4, -0.2) is 30.1 Å². The molecule has 148 valence electrons. The second-order valence-corrected chi connectivity index (χ2v) is 6.71. The van der Waals surface area contributed by atoms with Crippen LogP contribution in [0.1, 0.15) is 29.3 Å². The standard InChI is InChI=1S/C21H20Cl2O5/c1-3-13(2)21(26)16-8-9-17(20(23)19(16)22)28-12-18(25)27-11-10-14-4-6-15(24)7-5-14/h4-9,24H,2-3,10-12H2,1H3. The Hall–Kier alpha value is -2.50. The summed E-state index contributed by atoms with van der Waals surface area (Å²) in [6.07, 6.45) is 1.01. The molecule has 0 aliphatic heterocycles. The third kappa shape index (κ3) is 5.75. The summed E-state index contributed by atoms with van der Waals surface area (Å²) >= 11 is 12.3. The largest absolute Gasteiger partial charge is 0.508 e. The maximum atomic E-state index is 12.2. The van der Waals surface area contributed by atoms with E-state index < -0.39 is 5.97 Å². The van der Waals surface area contributed by atoms with Crippen LogP contribution < -0.4 is 4.74 Å². The molecule has 2 rings (SSSR count). The topological polar surface area (TPSA) is 72.8 Å². The van der Waals surface area contributed by atoms with Gasteiger partial charge in [-0.05, 0) is 41.8 Å². The molecule has 5 nitrogen and oxygen atoms in total. The van der Waals surface area contributed by atoms with Crippen molar-refractivity contribution in [1.82, 2.24) is 0 Å². The molecule has 0 fully saturated rings. The van der Waals surface area contributed by atoms with Crippen LogP contribution in [0.15, 0.2) is 48.6 Å². The molecular formula is C21H20Cl2O5. The van der Waals surface area contributed by atoms with Gasteiger partial charge in [-0.15, -0.1) is 0 Å². The normalized spacial score (nSPS) is 10.4. The molecule has 0 spiro atoms. The highest BCUT2D eigenvalue weighted by Crippen LogP contribution is 2.35. The molecule has 0 aliphatic carbocycles. The van der Waals surface area contributed by atoms with Gasteiger partial charge in [0.1, 0.15) is 16.5 Å². The summed E-state index contributed by atoms with van der Waals surface area (Å²) in [7, 11) is 0. The Balaban J connectivity index is 1.88. The van der Waals surface area contributed by atoms with Gasteiger partial charge < -0.3 is 14.6 Å². The molecule has 0 radical (unpaired) electrons. The van der Waals surface area contributed by atoms with Crippen LogP contribution >= 0.6 is 23.2 Å². The third-order valence-corrected chi connectivity index (χ3v) is 4.84. The summed E-state index contributed by atoms with van der Waals surface area (Å²) in [5.41, 5.74) is 1.58. The minimum absolute atomic E-state index is 0.0494. The average molecular weight is 423 g/mol. The zero-order valence-electron chi connectivity index (χ0n) is 15.3. The van der Waals surface area contributed by atoms with E-state index in [4.69, 9.17) is 32.7 Å². The number of hydrogen-bond donors (Lipinski definition) is 1. The molecule has 0 aliphatic rings. The monoisotopic (exact) mass is 422 g/mol. The van der Waals surface area contributed by atoms with Crippen molar-refractivity contribution in [2.75, 3.05) is 13.2 Å². The van der Waals surface area contributed by atoms with Crippen LogP contribution in [0, 0.1) is 0 Å². The first kappa shape index (κ1) is 21.8. The average Bonchev–Trinajstić information content (AvgIpc) is 2.69. The minimum Gasteiger partial charge on any atom is -0.508 e. The number of carbonyl (C=O) groups excluding carboxylic acids is 2. The second-order valence-electron chi connectivity index (χ2n) is 5.95. The first-order valence-corrected chi connectivity index (χ1v) is 9.35. The first-order valence-electron chi connectivity index (χ1n) is 8.60. The van der Waals surface area contributed by atoms with Gasteiger partial charge in [0.15, 0.2) is 12.4 Å². The fraction of sp³-hybridized carbons (Fsp3) is 0.238. The van der Waals surface area contributed by atoms with E-state index in [-0.39, 0.29) is 46.1 Å². The van der Waals surface area contributed by atoms with E-state index in [9.17, 15) is 14.7 Å². The van der Waals surface area contributed by atoms with Crippen molar-refractivity contribution in [3.8, 4) is 11.5 Å². The van der Waals surface area contributed by atoms with E-state index in [1.54, 1.807) is 24.3 Å². The molecule has 0 saturated heterocycles. The van der Waals surface area contributed by atoms with Gasteiger partial charge in [-0.1, -0.05) is 48.8 Å². The van der Waals surface area contributed by atoms with Crippen LogP contribution in [-0.2, 0) is 16.0 Å².